The summed E-state index contributed by atoms with van der Waals surface area (Å²) in [5, 5.41) is 3.38. The molecule has 3 aromatic rings. The summed E-state index contributed by atoms with van der Waals surface area (Å²) in [5.74, 6) is 0.340. The predicted octanol–water partition coefficient (Wildman–Crippen LogP) is 5.78. The summed E-state index contributed by atoms with van der Waals surface area (Å²) >= 11 is 0. The molecule has 0 spiro atoms. The van der Waals surface area contributed by atoms with Crippen molar-refractivity contribution in [1.82, 2.24) is 5.32 Å². The fraction of sp³-hybridized carbons (Fsp3) is 0.267. The van der Waals surface area contributed by atoms with Gasteiger partial charge in [-0.15, -0.1) is 0 Å². The van der Waals surface area contributed by atoms with Crippen LogP contribution >= 0.6 is 0 Å². The van der Waals surface area contributed by atoms with Crippen molar-refractivity contribution in [2.75, 3.05) is 6.61 Å². The van der Waals surface area contributed by atoms with Gasteiger partial charge < -0.3 is 19.2 Å². The van der Waals surface area contributed by atoms with Gasteiger partial charge in [-0.25, -0.2) is 4.79 Å². The highest BCUT2D eigenvalue weighted by atomic mass is 16.5. The third-order valence-electron chi connectivity index (χ3n) is 6.74. The molecule has 184 valence electrons. The molecule has 36 heavy (non-hydrogen) atoms. The second-order valence-corrected chi connectivity index (χ2v) is 9.07. The lowest BCUT2D eigenvalue weighted by atomic mass is 9.72. The van der Waals surface area contributed by atoms with Crippen molar-refractivity contribution in [2.45, 2.75) is 45.1 Å². The molecule has 1 aliphatic heterocycles. The van der Waals surface area contributed by atoms with Crippen LogP contribution in [0.4, 0.5) is 0 Å². The average Bonchev–Trinajstić information content (AvgIpc) is 3.43. The quantitative estimate of drug-likeness (QED) is 0.429. The van der Waals surface area contributed by atoms with E-state index in [-0.39, 0.29) is 18.3 Å². The summed E-state index contributed by atoms with van der Waals surface area (Å²) < 4.78 is 17.3. The SMILES string of the molecule is CCOc1ccccc1C1C(C(=O)OCc2ccccc2)=C(C)NC2=C1C(=O)CC(c1ccco1)C2. The van der Waals surface area contributed by atoms with E-state index in [1.54, 1.807) is 6.26 Å². The van der Waals surface area contributed by atoms with Crippen molar-refractivity contribution in [3.63, 3.8) is 0 Å². The molecule has 2 unspecified atom stereocenters. The highest BCUT2D eigenvalue weighted by Crippen LogP contribution is 2.47. The van der Waals surface area contributed by atoms with Gasteiger partial charge in [-0.3, -0.25) is 4.79 Å². The van der Waals surface area contributed by atoms with Crippen LogP contribution in [-0.2, 0) is 20.9 Å². The van der Waals surface area contributed by atoms with Gasteiger partial charge in [0.25, 0.3) is 0 Å². The van der Waals surface area contributed by atoms with Gasteiger partial charge in [0.15, 0.2) is 5.78 Å². The number of esters is 1. The second kappa shape index (κ2) is 10.3. The molecule has 1 aliphatic carbocycles. The van der Waals surface area contributed by atoms with Gasteiger partial charge in [0.05, 0.1) is 24.4 Å². The first-order chi connectivity index (χ1) is 17.6. The van der Waals surface area contributed by atoms with Crippen LogP contribution in [0.5, 0.6) is 5.75 Å². The standard InChI is InChI=1S/C30H29NO5/c1-3-34-26-13-8-7-12-22(26)28-27(30(33)36-18-20-10-5-4-6-11-20)19(2)31-23-16-21(17-24(32)29(23)28)25-14-9-15-35-25/h4-15,21,28,31H,3,16-18H2,1-2H3. The van der Waals surface area contributed by atoms with Crippen molar-refractivity contribution >= 4 is 11.8 Å². The first-order valence-electron chi connectivity index (χ1n) is 12.3. The zero-order valence-electron chi connectivity index (χ0n) is 20.5. The van der Waals surface area contributed by atoms with Crippen LogP contribution < -0.4 is 10.1 Å². The maximum Gasteiger partial charge on any atom is 0.337 e. The molecule has 2 aromatic carbocycles. The largest absolute Gasteiger partial charge is 0.494 e. The van der Waals surface area contributed by atoms with Crippen molar-refractivity contribution < 1.29 is 23.5 Å². The molecule has 0 saturated carbocycles. The molecule has 6 nitrogen and oxygen atoms in total. The van der Waals surface area contributed by atoms with E-state index in [2.05, 4.69) is 5.32 Å². The molecule has 0 saturated heterocycles. The fourth-order valence-electron chi connectivity index (χ4n) is 5.15. The molecule has 5 rings (SSSR count). The number of carbonyl (C=O) groups excluding carboxylic acids is 2. The number of Topliss-reactive ketones (excluding diaryl/α,β-unsaturated/α-hetero) is 1. The van der Waals surface area contributed by atoms with E-state index in [1.807, 2.05) is 80.6 Å². The molecular formula is C30H29NO5. The fourth-order valence-corrected chi connectivity index (χ4v) is 5.15. The Labute approximate surface area is 210 Å². The lowest BCUT2D eigenvalue weighted by Crippen LogP contribution is -2.36. The molecule has 0 bridgehead atoms. The number of ketones is 1. The molecule has 1 aromatic heterocycles. The van der Waals surface area contributed by atoms with E-state index < -0.39 is 11.9 Å². The normalized spacial score (nSPS) is 19.6. The number of dihydropyridines is 1. The van der Waals surface area contributed by atoms with E-state index in [9.17, 15) is 9.59 Å². The number of nitrogens with one attached hydrogen (secondary N) is 1. The molecule has 2 heterocycles. The van der Waals surface area contributed by atoms with Crippen LogP contribution in [0.15, 0.2) is 100.0 Å². The van der Waals surface area contributed by atoms with Gasteiger partial charge in [-0.05, 0) is 44.0 Å². The Balaban J connectivity index is 1.55. The summed E-state index contributed by atoms with van der Waals surface area (Å²) in [6.07, 6.45) is 2.56. The van der Waals surface area contributed by atoms with Gasteiger partial charge in [0.1, 0.15) is 18.1 Å². The second-order valence-electron chi connectivity index (χ2n) is 9.07. The molecule has 6 heteroatoms. The van der Waals surface area contributed by atoms with Gasteiger partial charge >= 0.3 is 5.97 Å². The number of benzene rings is 2. The number of para-hydroxylation sites is 1. The number of furan rings is 1. The Morgan fingerprint density at radius 3 is 2.56 bits per heavy atom. The van der Waals surface area contributed by atoms with Gasteiger partial charge in [-0.2, -0.15) is 0 Å². The van der Waals surface area contributed by atoms with Crippen LogP contribution in [0.1, 0.15) is 55.4 Å². The Kier molecular flexibility index (Phi) is 6.76. The summed E-state index contributed by atoms with van der Waals surface area (Å²) in [6, 6.07) is 20.9. The first kappa shape index (κ1) is 23.7. The molecular weight excluding hydrogens is 454 g/mol. The maximum absolute atomic E-state index is 13.7. The summed E-state index contributed by atoms with van der Waals surface area (Å²) in [5.41, 5.74) is 4.21. The molecule has 0 radical (unpaired) electrons. The zero-order valence-corrected chi connectivity index (χ0v) is 20.5. The van der Waals surface area contributed by atoms with Gasteiger partial charge in [-0.1, -0.05) is 48.5 Å². The lowest BCUT2D eigenvalue weighted by Gasteiger charge is -2.36. The number of hydrogen-bond donors (Lipinski definition) is 1. The number of ether oxygens (including phenoxy) is 2. The Morgan fingerprint density at radius 1 is 1.03 bits per heavy atom. The Bertz CT molecular complexity index is 1320. The zero-order chi connectivity index (χ0) is 25.1. The summed E-state index contributed by atoms with van der Waals surface area (Å²) in [7, 11) is 0. The van der Waals surface area contributed by atoms with E-state index in [0.29, 0.717) is 42.0 Å². The number of hydrogen-bond acceptors (Lipinski definition) is 6. The van der Waals surface area contributed by atoms with Crippen LogP contribution in [-0.4, -0.2) is 18.4 Å². The highest BCUT2D eigenvalue weighted by molar-refractivity contribution is 6.04. The van der Waals surface area contributed by atoms with Crippen LogP contribution in [0.2, 0.25) is 0 Å². The molecule has 0 amide bonds. The Hall–Kier alpha value is -4.06. The van der Waals surface area contributed by atoms with Crippen LogP contribution in [0.3, 0.4) is 0 Å². The number of rotatable bonds is 7. The van der Waals surface area contributed by atoms with Crippen molar-refractivity contribution in [3.05, 3.63) is 112 Å². The predicted molar refractivity (Wildman–Crippen MR) is 135 cm³/mol. The minimum absolute atomic E-state index is 0.0117. The number of allylic oxidation sites excluding steroid dienone is 3. The molecule has 2 aliphatic rings. The van der Waals surface area contributed by atoms with E-state index in [4.69, 9.17) is 13.9 Å². The molecule has 2 atom stereocenters. The molecule has 0 fully saturated rings. The first-order valence-corrected chi connectivity index (χ1v) is 12.3. The minimum atomic E-state index is -0.586. The Morgan fingerprint density at radius 2 is 1.81 bits per heavy atom. The van der Waals surface area contributed by atoms with Crippen molar-refractivity contribution in [2.24, 2.45) is 0 Å². The van der Waals surface area contributed by atoms with Crippen molar-refractivity contribution in [1.29, 1.82) is 0 Å². The summed E-state index contributed by atoms with van der Waals surface area (Å²) in [4.78, 5) is 27.2. The monoisotopic (exact) mass is 483 g/mol. The van der Waals surface area contributed by atoms with E-state index >= 15 is 0 Å². The number of carbonyl (C=O) groups is 2. The third kappa shape index (κ3) is 4.59. The van der Waals surface area contributed by atoms with E-state index in [1.165, 1.54) is 0 Å². The third-order valence-corrected chi connectivity index (χ3v) is 6.74. The minimum Gasteiger partial charge on any atom is -0.494 e. The molecule has 1 N–H and O–H groups in total. The van der Waals surface area contributed by atoms with Crippen molar-refractivity contribution in [3.8, 4) is 5.75 Å². The van der Waals surface area contributed by atoms with Crippen LogP contribution in [0.25, 0.3) is 0 Å². The van der Waals surface area contributed by atoms with Gasteiger partial charge in [0.2, 0.25) is 0 Å². The van der Waals surface area contributed by atoms with Crippen LogP contribution in [0, 0.1) is 0 Å². The van der Waals surface area contributed by atoms with E-state index in [0.717, 1.165) is 22.6 Å². The summed E-state index contributed by atoms with van der Waals surface area (Å²) in [6.45, 7) is 4.40. The lowest BCUT2D eigenvalue weighted by molar-refractivity contribution is -0.140. The average molecular weight is 484 g/mol. The topological polar surface area (TPSA) is 77.8 Å². The van der Waals surface area contributed by atoms with Gasteiger partial charge in [0, 0.05) is 34.9 Å². The maximum atomic E-state index is 13.7. The highest BCUT2D eigenvalue weighted by Gasteiger charge is 2.42. The smallest absolute Gasteiger partial charge is 0.337 e.